The zero-order valence-corrected chi connectivity index (χ0v) is 11.1. The first-order chi connectivity index (χ1) is 8.15. The Hall–Kier alpha value is -0.570. The summed E-state index contributed by atoms with van der Waals surface area (Å²) in [4.78, 5) is 11.8. The third-order valence-electron chi connectivity index (χ3n) is 4.42. The molecule has 0 aromatic carbocycles. The molecule has 1 saturated carbocycles. The number of esters is 1. The number of ether oxygens (including phenoxy) is 1. The van der Waals surface area contributed by atoms with Crippen LogP contribution in [0.3, 0.4) is 0 Å². The predicted molar refractivity (Wildman–Crippen MR) is 67.7 cm³/mol. The Morgan fingerprint density at radius 3 is 2.71 bits per heavy atom. The molecule has 4 unspecified atom stereocenters. The second kappa shape index (κ2) is 5.85. The van der Waals surface area contributed by atoms with Gasteiger partial charge in [0.2, 0.25) is 0 Å². The molecular weight excluding hydrogens is 214 g/mol. The van der Waals surface area contributed by atoms with E-state index in [0.29, 0.717) is 18.4 Å². The highest BCUT2D eigenvalue weighted by atomic mass is 16.5. The van der Waals surface area contributed by atoms with E-state index in [4.69, 9.17) is 4.74 Å². The summed E-state index contributed by atoms with van der Waals surface area (Å²) >= 11 is 0. The van der Waals surface area contributed by atoms with Crippen molar-refractivity contribution in [1.29, 1.82) is 0 Å². The van der Waals surface area contributed by atoms with Crippen molar-refractivity contribution in [2.45, 2.75) is 64.5 Å². The van der Waals surface area contributed by atoms with Gasteiger partial charge in [0.25, 0.3) is 0 Å². The van der Waals surface area contributed by atoms with E-state index >= 15 is 0 Å². The van der Waals surface area contributed by atoms with Gasteiger partial charge in [-0.15, -0.1) is 0 Å². The summed E-state index contributed by atoms with van der Waals surface area (Å²) < 4.78 is 5.59. The van der Waals surface area contributed by atoms with Crippen LogP contribution in [0.5, 0.6) is 0 Å². The molecular formula is C14H25NO2. The number of carbonyl (C=O) groups excluding carboxylic acids is 1. The van der Waals surface area contributed by atoms with E-state index in [-0.39, 0.29) is 12.1 Å². The lowest BCUT2D eigenvalue weighted by molar-refractivity contribution is -0.152. The number of rotatable bonds is 3. The van der Waals surface area contributed by atoms with Gasteiger partial charge >= 0.3 is 5.97 Å². The highest BCUT2D eigenvalue weighted by Gasteiger charge is 2.28. The normalized spacial score (nSPS) is 38.0. The number of carbonyl (C=O) groups is 1. The highest BCUT2D eigenvalue weighted by molar-refractivity contribution is 5.70. The molecule has 2 fully saturated rings. The minimum atomic E-state index is -0.00356. The SMILES string of the molecule is CC1CCC(OC(=O)CC2CCCN2)CC1C. The molecule has 0 amide bonds. The predicted octanol–water partition coefficient (Wildman–Crippen LogP) is 2.50. The fraction of sp³-hybridized carbons (Fsp3) is 0.929. The first kappa shape index (κ1) is 12.9. The van der Waals surface area contributed by atoms with Gasteiger partial charge in [-0.25, -0.2) is 0 Å². The van der Waals surface area contributed by atoms with Crippen LogP contribution in [0.15, 0.2) is 0 Å². The van der Waals surface area contributed by atoms with Crippen molar-refractivity contribution in [3.8, 4) is 0 Å². The van der Waals surface area contributed by atoms with Gasteiger partial charge in [-0.2, -0.15) is 0 Å². The molecule has 0 spiro atoms. The molecule has 0 bridgehead atoms. The Kier molecular flexibility index (Phi) is 4.43. The van der Waals surface area contributed by atoms with Crippen molar-refractivity contribution in [2.75, 3.05) is 6.54 Å². The Balaban J connectivity index is 1.71. The summed E-state index contributed by atoms with van der Waals surface area (Å²) in [5.41, 5.74) is 0. The molecule has 3 heteroatoms. The van der Waals surface area contributed by atoms with Gasteiger partial charge in [0.15, 0.2) is 0 Å². The van der Waals surface area contributed by atoms with Gasteiger partial charge in [-0.3, -0.25) is 4.79 Å². The minimum absolute atomic E-state index is 0.00356. The fourth-order valence-electron chi connectivity index (χ4n) is 2.97. The maximum Gasteiger partial charge on any atom is 0.307 e. The average Bonchev–Trinajstić information content (AvgIpc) is 2.76. The van der Waals surface area contributed by atoms with Crippen LogP contribution < -0.4 is 5.32 Å². The molecule has 3 nitrogen and oxygen atoms in total. The van der Waals surface area contributed by atoms with Crippen LogP contribution in [0.4, 0.5) is 0 Å². The van der Waals surface area contributed by atoms with Crippen LogP contribution in [-0.4, -0.2) is 24.7 Å². The van der Waals surface area contributed by atoms with Crippen molar-refractivity contribution in [2.24, 2.45) is 11.8 Å². The maximum atomic E-state index is 11.8. The lowest BCUT2D eigenvalue weighted by atomic mass is 9.80. The van der Waals surface area contributed by atoms with E-state index in [9.17, 15) is 4.79 Å². The Labute approximate surface area is 104 Å². The van der Waals surface area contributed by atoms with Gasteiger partial charge < -0.3 is 10.1 Å². The summed E-state index contributed by atoms with van der Waals surface area (Å²) in [7, 11) is 0. The number of hydrogen-bond acceptors (Lipinski definition) is 3. The molecule has 0 aromatic heterocycles. The molecule has 2 rings (SSSR count). The summed E-state index contributed by atoms with van der Waals surface area (Å²) in [6.45, 7) is 5.62. The van der Waals surface area contributed by atoms with Gasteiger partial charge in [-0.05, 0) is 50.5 Å². The summed E-state index contributed by atoms with van der Waals surface area (Å²) in [6.07, 6.45) is 6.33. The van der Waals surface area contributed by atoms with Crippen LogP contribution in [0.2, 0.25) is 0 Å². The number of hydrogen-bond donors (Lipinski definition) is 1. The van der Waals surface area contributed by atoms with E-state index in [2.05, 4.69) is 19.2 Å². The molecule has 1 aliphatic heterocycles. The first-order valence-electron chi connectivity index (χ1n) is 7.08. The van der Waals surface area contributed by atoms with Crippen molar-refractivity contribution in [1.82, 2.24) is 5.32 Å². The standard InChI is InChI=1S/C14H25NO2/c1-10-5-6-13(8-11(10)2)17-14(16)9-12-4-3-7-15-12/h10-13,15H,3-9H2,1-2H3. The third kappa shape index (κ3) is 3.70. The molecule has 1 aliphatic carbocycles. The van der Waals surface area contributed by atoms with Crippen molar-refractivity contribution in [3.05, 3.63) is 0 Å². The molecule has 0 radical (unpaired) electrons. The summed E-state index contributed by atoms with van der Waals surface area (Å²) in [5.74, 6) is 1.46. The molecule has 17 heavy (non-hydrogen) atoms. The van der Waals surface area contributed by atoms with Gasteiger partial charge in [-0.1, -0.05) is 13.8 Å². The maximum absolute atomic E-state index is 11.8. The van der Waals surface area contributed by atoms with Crippen LogP contribution in [0.25, 0.3) is 0 Å². The molecule has 1 heterocycles. The second-order valence-corrected chi connectivity index (χ2v) is 5.88. The van der Waals surface area contributed by atoms with Crippen molar-refractivity contribution < 1.29 is 9.53 Å². The van der Waals surface area contributed by atoms with Crippen molar-refractivity contribution >= 4 is 5.97 Å². The zero-order valence-electron chi connectivity index (χ0n) is 11.1. The molecule has 4 atom stereocenters. The molecule has 1 N–H and O–H groups in total. The topological polar surface area (TPSA) is 38.3 Å². The summed E-state index contributed by atoms with van der Waals surface area (Å²) in [5, 5.41) is 3.34. The largest absolute Gasteiger partial charge is 0.462 e. The Bertz CT molecular complexity index is 261. The van der Waals surface area contributed by atoms with Crippen LogP contribution >= 0.6 is 0 Å². The van der Waals surface area contributed by atoms with E-state index in [1.165, 1.54) is 12.8 Å². The van der Waals surface area contributed by atoms with E-state index < -0.39 is 0 Å². The van der Waals surface area contributed by atoms with Crippen LogP contribution in [0.1, 0.15) is 52.4 Å². The first-order valence-corrected chi connectivity index (χ1v) is 7.08. The highest BCUT2D eigenvalue weighted by Crippen LogP contribution is 2.31. The van der Waals surface area contributed by atoms with Gasteiger partial charge in [0, 0.05) is 6.04 Å². The zero-order chi connectivity index (χ0) is 12.3. The Morgan fingerprint density at radius 2 is 2.06 bits per heavy atom. The third-order valence-corrected chi connectivity index (χ3v) is 4.42. The fourth-order valence-corrected chi connectivity index (χ4v) is 2.97. The monoisotopic (exact) mass is 239 g/mol. The number of nitrogens with one attached hydrogen (secondary N) is 1. The van der Waals surface area contributed by atoms with E-state index in [0.717, 1.165) is 31.7 Å². The quantitative estimate of drug-likeness (QED) is 0.769. The minimum Gasteiger partial charge on any atom is -0.462 e. The van der Waals surface area contributed by atoms with Gasteiger partial charge in [0.05, 0.1) is 6.42 Å². The van der Waals surface area contributed by atoms with Crippen molar-refractivity contribution in [3.63, 3.8) is 0 Å². The second-order valence-electron chi connectivity index (χ2n) is 5.88. The van der Waals surface area contributed by atoms with Gasteiger partial charge in [0.1, 0.15) is 6.10 Å². The Morgan fingerprint density at radius 1 is 1.24 bits per heavy atom. The van der Waals surface area contributed by atoms with Crippen LogP contribution in [-0.2, 0) is 9.53 Å². The smallest absolute Gasteiger partial charge is 0.307 e. The summed E-state index contributed by atoms with van der Waals surface area (Å²) in [6, 6.07) is 0.363. The van der Waals surface area contributed by atoms with Crippen LogP contribution in [0, 0.1) is 11.8 Å². The van der Waals surface area contributed by atoms with E-state index in [1.807, 2.05) is 0 Å². The average molecular weight is 239 g/mol. The lowest BCUT2D eigenvalue weighted by Gasteiger charge is -2.31. The van der Waals surface area contributed by atoms with E-state index in [1.54, 1.807) is 0 Å². The molecule has 0 aromatic rings. The molecule has 98 valence electrons. The molecule has 1 saturated heterocycles. The molecule has 2 aliphatic rings. The lowest BCUT2D eigenvalue weighted by Crippen LogP contribution is -2.31.